The first kappa shape index (κ1) is 16.1. The van der Waals surface area contributed by atoms with Crippen molar-refractivity contribution in [2.24, 2.45) is 0 Å². The zero-order valence-electron chi connectivity index (χ0n) is 12.9. The molecule has 124 valence electrons. The zero-order valence-corrected chi connectivity index (χ0v) is 13.7. The molecule has 0 N–H and O–H groups in total. The van der Waals surface area contributed by atoms with E-state index in [0.717, 1.165) is 0 Å². The normalized spacial score (nSPS) is 17.9. The molecular weight excluding hydrogens is 330 g/mol. The summed E-state index contributed by atoms with van der Waals surface area (Å²) in [6.45, 7) is 2.48. The summed E-state index contributed by atoms with van der Waals surface area (Å²) in [5, 5.41) is 12.5. The number of hydrogen-bond acceptors (Lipinski definition) is 5. The number of nitrogens with zero attached hydrogens (tertiary/aromatic N) is 3. The second-order valence-corrected chi connectivity index (χ2v) is 6.36. The lowest BCUT2D eigenvalue weighted by molar-refractivity contribution is -0.384. The summed E-state index contributed by atoms with van der Waals surface area (Å²) in [6.07, 6.45) is 0. The number of benzene rings is 1. The number of amides is 2. The molecule has 7 nitrogen and oxygen atoms in total. The standard InChI is InChI=1S/C16H15N3O4S/c1-11-15(20)18(12-4-6-13(7-5-12)19(22)23)9-8-17(11)16(21)14-3-2-10-24-14/h2-7,10-11H,8-9H2,1H3/t11-/m1/s1. The van der Waals surface area contributed by atoms with E-state index in [1.807, 2.05) is 5.38 Å². The fourth-order valence-electron chi connectivity index (χ4n) is 2.70. The maximum absolute atomic E-state index is 12.6. The second kappa shape index (κ2) is 6.40. The summed E-state index contributed by atoms with van der Waals surface area (Å²) >= 11 is 1.35. The summed E-state index contributed by atoms with van der Waals surface area (Å²) in [5.74, 6) is -0.339. The minimum Gasteiger partial charge on any atom is -0.324 e. The number of rotatable bonds is 3. The molecule has 0 aliphatic carbocycles. The van der Waals surface area contributed by atoms with Crippen LogP contribution in [0, 0.1) is 10.1 Å². The Hall–Kier alpha value is -2.74. The van der Waals surface area contributed by atoms with Crippen LogP contribution in [-0.2, 0) is 4.79 Å². The highest BCUT2D eigenvalue weighted by Crippen LogP contribution is 2.24. The van der Waals surface area contributed by atoms with Gasteiger partial charge in [-0.05, 0) is 30.5 Å². The number of hydrogen-bond donors (Lipinski definition) is 0. The molecule has 1 atom stereocenters. The summed E-state index contributed by atoms with van der Waals surface area (Å²) < 4.78 is 0. The molecule has 1 aliphatic rings. The van der Waals surface area contributed by atoms with Gasteiger partial charge in [-0.3, -0.25) is 19.7 Å². The molecule has 0 radical (unpaired) electrons. The molecule has 0 bridgehead atoms. The topological polar surface area (TPSA) is 83.8 Å². The lowest BCUT2D eigenvalue weighted by atomic mass is 10.1. The number of piperazine rings is 1. The second-order valence-electron chi connectivity index (χ2n) is 5.42. The molecule has 2 heterocycles. The van der Waals surface area contributed by atoms with Crippen LogP contribution in [-0.4, -0.2) is 40.8 Å². The zero-order chi connectivity index (χ0) is 17.3. The monoisotopic (exact) mass is 345 g/mol. The number of carbonyl (C=O) groups is 2. The van der Waals surface area contributed by atoms with Crippen molar-refractivity contribution in [2.75, 3.05) is 18.0 Å². The minimum atomic E-state index is -0.580. The van der Waals surface area contributed by atoms with Crippen molar-refractivity contribution in [3.8, 4) is 0 Å². The molecule has 1 aromatic heterocycles. The number of carbonyl (C=O) groups excluding carboxylic acids is 2. The highest BCUT2D eigenvalue weighted by molar-refractivity contribution is 7.12. The Kier molecular flexibility index (Phi) is 4.30. The smallest absolute Gasteiger partial charge is 0.269 e. The lowest BCUT2D eigenvalue weighted by Gasteiger charge is -2.38. The van der Waals surface area contributed by atoms with Gasteiger partial charge in [-0.1, -0.05) is 6.07 Å². The van der Waals surface area contributed by atoms with Crippen LogP contribution in [0.25, 0.3) is 0 Å². The van der Waals surface area contributed by atoms with Crippen LogP contribution in [0.1, 0.15) is 16.6 Å². The largest absolute Gasteiger partial charge is 0.324 e. The Morgan fingerprint density at radius 1 is 1.25 bits per heavy atom. The molecule has 24 heavy (non-hydrogen) atoms. The Morgan fingerprint density at radius 2 is 1.96 bits per heavy atom. The number of anilines is 1. The molecule has 2 aromatic rings. The van der Waals surface area contributed by atoms with Crippen LogP contribution in [0.2, 0.25) is 0 Å². The van der Waals surface area contributed by atoms with Gasteiger partial charge in [-0.25, -0.2) is 0 Å². The van der Waals surface area contributed by atoms with Crippen LogP contribution in [0.15, 0.2) is 41.8 Å². The molecule has 0 spiro atoms. The van der Waals surface area contributed by atoms with E-state index in [1.165, 1.54) is 23.5 Å². The molecule has 0 unspecified atom stereocenters. The van der Waals surface area contributed by atoms with E-state index in [4.69, 9.17) is 0 Å². The Balaban J connectivity index is 1.77. The summed E-state index contributed by atoms with van der Waals surface area (Å²) in [4.78, 5) is 39.1. The first-order valence-electron chi connectivity index (χ1n) is 7.39. The van der Waals surface area contributed by atoms with Gasteiger partial charge in [0.15, 0.2) is 0 Å². The Bertz CT molecular complexity index is 773. The summed E-state index contributed by atoms with van der Waals surface area (Å²) in [6, 6.07) is 8.82. The first-order valence-corrected chi connectivity index (χ1v) is 8.27. The molecular formula is C16H15N3O4S. The molecule has 8 heteroatoms. The van der Waals surface area contributed by atoms with Gasteiger partial charge >= 0.3 is 0 Å². The third-order valence-corrected chi connectivity index (χ3v) is 4.88. The lowest BCUT2D eigenvalue weighted by Crippen LogP contribution is -2.57. The van der Waals surface area contributed by atoms with Crippen molar-refractivity contribution in [1.82, 2.24) is 4.90 Å². The molecule has 1 saturated heterocycles. The number of nitro groups is 1. The van der Waals surface area contributed by atoms with E-state index >= 15 is 0 Å². The predicted octanol–water partition coefficient (Wildman–Crippen LogP) is 2.53. The minimum absolute atomic E-state index is 0.0224. The van der Waals surface area contributed by atoms with Crippen molar-refractivity contribution in [3.63, 3.8) is 0 Å². The van der Waals surface area contributed by atoms with Gasteiger partial charge in [-0.2, -0.15) is 0 Å². The highest BCUT2D eigenvalue weighted by atomic mass is 32.1. The molecule has 0 saturated carbocycles. The quantitative estimate of drug-likeness (QED) is 0.632. The predicted molar refractivity (Wildman–Crippen MR) is 90.3 cm³/mol. The molecule has 1 aliphatic heterocycles. The number of non-ortho nitro benzene ring substituents is 1. The first-order chi connectivity index (χ1) is 11.5. The van der Waals surface area contributed by atoms with Gasteiger partial charge in [0.25, 0.3) is 11.6 Å². The molecule has 1 fully saturated rings. The average Bonchev–Trinajstić information content (AvgIpc) is 3.11. The van der Waals surface area contributed by atoms with E-state index in [2.05, 4.69) is 0 Å². The van der Waals surface area contributed by atoms with E-state index in [9.17, 15) is 19.7 Å². The van der Waals surface area contributed by atoms with Crippen LogP contribution in [0.5, 0.6) is 0 Å². The molecule has 3 rings (SSSR count). The van der Waals surface area contributed by atoms with Crippen molar-refractivity contribution in [3.05, 3.63) is 56.8 Å². The van der Waals surface area contributed by atoms with Gasteiger partial charge in [0.1, 0.15) is 6.04 Å². The van der Waals surface area contributed by atoms with E-state index < -0.39 is 11.0 Å². The fourth-order valence-corrected chi connectivity index (χ4v) is 3.38. The Labute approximate surface area is 142 Å². The fraction of sp³-hybridized carbons (Fsp3) is 0.250. The Morgan fingerprint density at radius 3 is 2.54 bits per heavy atom. The third-order valence-electron chi connectivity index (χ3n) is 4.02. The SMILES string of the molecule is C[C@@H]1C(=O)N(c2ccc([N+](=O)[O-])cc2)CCN1C(=O)c1cccs1. The van der Waals surface area contributed by atoms with Crippen molar-refractivity contribution in [2.45, 2.75) is 13.0 Å². The van der Waals surface area contributed by atoms with E-state index in [1.54, 1.807) is 41.0 Å². The van der Waals surface area contributed by atoms with Gasteiger partial charge in [-0.15, -0.1) is 11.3 Å². The van der Waals surface area contributed by atoms with Crippen molar-refractivity contribution >= 4 is 34.5 Å². The van der Waals surface area contributed by atoms with Crippen molar-refractivity contribution in [1.29, 1.82) is 0 Å². The van der Waals surface area contributed by atoms with Crippen LogP contribution >= 0.6 is 11.3 Å². The molecule has 2 amide bonds. The van der Waals surface area contributed by atoms with Crippen LogP contribution in [0.4, 0.5) is 11.4 Å². The van der Waals surface area contributed by atoms with Crippen LogP contribution in [0.3, 0.4) is 0 Å². The van der Waals surface area contributed by atoms with Crippen molar-refractivity contribution < 1.29 is 14.5 Å². The maximum Gasteiger partial charge on any atom is 0.269 e. The average molecular weight is 345 g/mol. The number of thiophene rings is 1. The number of nitro benzene ring substituents is 1. The van der Waals surface area contributed by atoms with Gasteiger partial charge in [0, 0.05) is 30.9 Å². The van der Waals surface area contributed by atoms with E-state index in [-0.39, 0.29) is 17.5 Å². The third kappa shape index (κ3) is 2.88. The van der Waals surface area contributed by atoms with Gasteiger partial charge < -0.3 is 9.80 Å². The maximum atomic E-state index is 12.6. The van der Waals surface area contributed by atoms with Gasteiger partial charge in [0.05, 0.1) is 9.80 Å². The summed E-state index contributed by atoms with van der Waals surface area (Å²) in [7, 11) is 0. The van der Waals surface area contributed by atoms with Crippen LogP contribution < -0.4 is 4.90 Å². The highest BCUT2D eigenvalue weighted by Gasteiger charge is 2.35. The molecule has 1 aromatic carbocycles. The van der Waals surface area contributed by atoms with Gasteiger partial charge in [0.2, 0.25) is 5.91 Å². The summed E-state index contributed by atoms with van der Waals surface area (Å²) in [5.41, 5.74) is 0.575. The van der Waals surface area contributed by atoms with E-state index in [0.29, 0.717) is 23.7 Å².